The monoisotopic (exact) mass is 365 g/mol. The van der Waals surface area contributed by atoms with Crippen molar-refractivity contribution in [1.29, 1.82) is 0 Å². The van der Waals surface area contributed by atoms with E-state index in [-0.39, 0.29) is 11.7 Å². The van der Waals surface area contributed by atoms with E-state index in [0.29, 0.717) is 18.7 Å². The third kappa shape index (κ3) is 4.57. The van der Waals surface area contributed by atoms with Gasteiger partial charge in [0.05, 0.1) is 11.0 Å². The van der Waals surface area contributed by atoms with Gasteiger partial charge in [-0.3, -0.25) is 4.79 Å². The highest BCUT2D eigenvalue weighted by molar-refractivity contribution is 5.91. The fourth-order valence-electron chi connectivity index (χ4n) is 2.79. The lowest BCUT2D eigenvalue weighted by Gasteiger charge is -2.06. The number of hydrogen-bond donors (Lipinski definition) is 2. The molecular formula is C21H23N3O3. The van der Waals surface area contributed by atoms with E-state index in [1.165, 1.54) is 0 Å². The van der Waals surface area contributed by atoms with Crippen LogP contribution in [-0.2, 0) is 13.0 Å². The van der Waals surface area contributed by atoms with Gasteiger partial charge in [-0.1, -0.05) is 18.1 Å². The lowest BCUT2D eigenvalue weighted by Crippen LogP contribution is -2.26. The quantitative estimate of drug-likeness (QED) is 0.682. The Morgan fingerprint density at radius 1 is 1.30 bits per heavy atom. The number of fused-ring (bicyclic) bond motifs is 1. The molecule has 3 aromatic rings. The van der Waals surface area contributed by atoms with Crippen molar-refractivity contribution in [1.82, 2.24) is 14.9 Å². The molecule has 27 heavy (non-hydrogen) atoms. The summed E-state index contributed by atoms with van der Waals surface area (Å²) in [5.74, 6) is 6.54. The van der Waals surface area contributed by atoms with E-state index < -0.39 is 5.60 Å². The molecule has 0 aliphatic rings. The Morgan fingerprint density at radius 2 is 2.07 bits per heavy atom. The number of amides is 1. The van der Waals surface area contributed by atoms with Crippen LogP contribution in [0.1, 0.15) is 42.9 Å². The van der Waals surface area contributed by atoms with Gasteiger partial charge in [-0.15, -0.1) is 0 Å². The summed E-state index contributed by atoms with van der Waals surface area (Å²) in [6, 6.07) is 11.2. The Balaban J connectivity index is 1.62. The van der Waals surface area contributed by atoms with Crippen molar-refractivity contribution < 1.29 is 14.3 Å². The Hall–Kier alpha value is -3.04. The number of nitrogens with zero attached hydrogens (tertiary/aromatic N) is 2. The summed E-state index contributed by atoms with van der Waals surface area (Å²) in [6.45, 7) is 6.52. The maximum Gasteiger partial charge on any atom is 0.287 e. The predicted molar refractivity (Wildman–Crippen MR) is 103 cm³/mol. The van der Waals surface area contributed by atoms with Crippen LogP contribution in [0.4, 0.5) is 0 Å². The van der Waals surface area contributed by atoms with Crippen LogP contribution in [0, 0.1) is 11.8 Å². The number of benzene rings is 1. The minimum atomic E-state index is -1.11. The third-order valence-corrected chi connectivity index (χ3v) is 4.01. The molecule has 2 N–H and O–H groups in total. The summed E-state index contributed by atoms with van der Waals surface area (Å²) in [6.07, 6.45) is 0.625. The van der Waals surface area contributed by atoms with Gasteiger partial charge in [0.25, 0.3) is 5.91 Å². The van der Waals surface area contributed by atoms with Gasteiger partial charge in [0, 0.05) is 19.5 Å². The first kappa shape index (κ1) is 18.7. The summed E-state index contributed by atoms with van der Waals surface area (Å²) in [5, 5.41) is 12.5. The van der Waals surface area contributed by atoms with Crippen LogP contribution in [-0.4, -0.2) is 32.7 Å². The molecular weight excluding hydrogens is 342 g/mol. The van der Waals surface area contributed by atoms with Gasteiger partial charge in [-0.2, -0.15) is 0 Å². The minimum Gasteiger partial charge on any atom is -0.443 e. The Morgan fingerprint density at radius 3 is 2.81 bits per heavy atom. The molecule has 0 saturated heterocycles. The second-order valence-corrected chi connectivity index (χ2v) is 6.74. The third-order valence-electron chi connectivity index (χ3n) is 4.01. The Kier molecular flexibility index (Phi) is 5.33. The molecule has 2 aromatic heterocycles. The fraction of sp³-hybridized carbons (Fsp3) is 0.333. The zero-order valence-electron chi connectivity index (χ0n) is 15.7. The van der Waals surface area contributed by atoms with Crippen LogP contribution in [0.25, 0.3) is 11.0 Å². The number of rotatable bonds is 5. The largest absolute Gasteiger partial charge is 0.443 e. The molecule has 0 bridgehead atoms. The highest BCUT2D eigenvalue weighted by atomic mass is 16.3. The van der Waals surface area contributed by atoms with Crippen molar-refractivity contribution in [3.05, 3.63) is 53.7 Å². The van der Waals surface area contributed by atoms with Crippen molar-refractivity contribution in [2.75, 3.05) is 6.54 Å². The maximum absolute atomic E-state index is 12.2. The number of carbonyl (C=O) groups excluding carboxylic acids is 1. The molecule has 1 aromatic carbocycles. The summed E-state index contributed by atoms with van der Waals surface area (Å²) in [7, 11) is 0. The number of carbonyl (C=O) groups is 1. The molecule has 0 spiro atoms. The zero-order valence-corrected chi connectivity index (χ0v) is 15.7. The molecule has 1 amide bonds. The SMILES string of the molecule is CCn1c(CCNC(=O)c2ccc(C#CC(C)(C)O)o2)nc2ccccc21. The normalized spacial score (nSPS) is 11.3. The lowest BCUT2D eigenvalue weighted by molar-refractivity contribution is 0.0925. The second-order valence-electron chi connectivity index (χ2n) is 6.74. The van der Waals surface area contributed by atoms with Crippen LogP contribution in [0.5, 0.6) is 0 Å². The lowest BCUT2D eigenvalue weighted by atomic mass is 10.1. The molecule has 0 atom stereocenters. The van der Waals surface area contributed by atoms with Gasteiger partial charge in [0.2, 0.25) is 0 Å². The fourth-order valence-corrected chi connectivity index (χ4v) is 2.79. The number of aromatic nitrogens is 2. The molecule has 6 heteroatoms. The predicted octanol–water partition coefficient (Wildman–Crippen LogP) is 2.74. The van der Waals surface area contributed by atoms with Gasteiger partial charge >= 0.3 is 0 Å². The van der Waals surface area contributed by atoms with Gasteiger partial charge in [-0.25, -0.2) is 4.98 Å². The first-order chi connectivity index (χ1) is 12.9. The van der Waals surface area contributed by atoms with E-state index in [0.717, 1.165) is 23.4 Å². The smallest absolute Gasteiger partial charge is 0.287 e. The summed E-state index contributed by atoms with van der Waals surface area (Å²) < 4.78 is 7.57. The molecule has 3 rings (SSSR count). The van der Waals surface area contributed by atoms with E-state index >= 15 is 0 Å². The molecule has 0 aliphatic carbocycles. The zero-order chi connectivity index (χ0) is 19.4. The van der Waals surface area contributed by atoms with Gasteiger partial charge in [-0.05, 0) is 51.0 Å². The van der Waals surface area contributed by atoms with Crippen LogP contribution >= 0.6 is 0 Å². The molecule has 0 fully saturated rings. The standard InChI is InChI=1S/C21H23N3O3/c1-4-24-17-8-6-5-7-16(17)23-19(24)12-14-22-20(25)18-10-9-15(27-18)11-13-21(2,3)26/h5-10,26H,4,12,14H2,1-3H3,(H,22,25). The summed E-state index contributed by atoms with van der Waals surface area (Å²) in [5.41, 5.74) is 0.948. The minimum absolute atomic E-state index is 0.194. The molecule has 0 unspecified atom stereocenters. The van der Waals surface area contributed by atoms with Crippen molar-refractivity contribution in [3.63, 3.8) is 0 Å². The average molecular weight is 365 g/mol. The molecule has 6 nitrogen and oxygen atoms in total. The topological polar surface area (TPSA) is 80.3 Å². The number of aryl methyl sites for hydroxylation is 1. The summed E-state index contributed by atoms with van der Waals surface area (Å²) >= 11 is 0. The summed E-state index contributed by atoms with van der Waals surface area (Å²) in [4.78, 5) is 16.9. The van der Waals surface area contributed by atoms with Crippen molar-refractivity contribution in [2.24, 2.45) is 0 Å². The number of nitrogens with one attached hydrogen (secondary N) is 1. The van der Waals surface area contributed by atoms with Gasteiger partial charge < -0.3 is 19.4 Å². The molecule has 0 radical (unpaired) electrons. The van der Waals surface area contributed by atoms with E-state index in [9.17, 15) is 9.90 Å². The van der Waals surface area contributed by atoms with Gasteiger partial charge in [0.1, 0.15) is 11.4 Å². The number of furan rings is 1. The van der Waals surface area contributed by atoms with E-state index in [1.54, 1.807) is 26.0 Å². The van der Waals surface area contributed by atoms with Crippen molar-refractivity contribution in [3.8, 4) is 11.8 Å². The maximum atomic E-state index is 12.2. The number of aliphatic hydroxyl groups is 1. The molecule has 2 heterocycles. The van der Waals surface area contributed by atoms with Crippen molar-refractivity contribution in [2.45, 2.75) is 39.3 Å². The first-order valence-corrected chi connectivity index (χ1v) is 8.95. The second kappa shape index (κ2) is 7.68. The Labute approximate surface area is 158 Å². The van der Waals surface area contributed by atoms with E-state index in [4.69, 9.17) is 4.42 Å². The van der Waals surface area contributed by atoms with E-state index in [2.05, 4.69) is 33.6 Å². The van der Waals surface area contributed by atoms with Gasteiger partial charge in [0.15, 0.2) is 11.5 Å². The Bertz CT molecular complexity index is 1010. The highest BCUT2D eigenvalue weighted by Gasteiger charge is 2.13. The number of para-hydroxylation sites is 2. The highest BCUT2D eigenvalue weighted by Crippen LogP contribution is 2.16. The molecule has 140 valence electrons. The van der Waals surface area contributed by atoms with Crippen LogP contribution in [0.3, 0.4) is 0 Å². The molecule has 0 saturated carbocycles. The number of hydrogen-bond acceptors (Lipinski definition) is 4. The first-order valence-electron chi connectivity index (χ1n) is 8.95. The van der Waals surface area contributed by atoms with Crippen LogP contribution in [0.15, 0.2) is 40.8 Å². The number of imidazole rings is 1. The van der Waals surface area contributed by atoms with Crippen LogP contribution in [0.2, 0.25) is 0 Å². The van der Waals surface area contributed by atoms with Crippen LogP contribution < -0.4 is 5.32 Å². The average Bonchev–Trinajstić information content (AvgIpc) is 3.23. The van der Waals surface area contributed by atoms with Crippen molar-refractivity contribution >= 4 is 16.9 Å². The van der Waals surface area contributed by atoms with E-state index in [1.807, 2.05) is 24.3 Å². The molecule has 0 aliphatic heterocycles.